The van der Waals surface area contributed by atoms with Gasteiger partial charge in [0.2, 0.25) is 0 Å². The van der Waals surface area contributed by atoms with Gasteiger partial charge in [0.15, 0.2) is 0 Å². The number of hydrogen-bond acceptors (Lipinski definition) is 5. The van der Waals surface area contributed by atoms with Gasteiger partial charge >= 0.3 is 5.97 Å². The van der Waals surface area contributed by atoms with Crippen molar-refractivity contribution in [3.05, 3.63) is 66.4 Å². The van der Waals surface area contributed by atoms with E-state index in [1.807, 2.05) is 54.6 Å². The summed E-state index contributed by atoms with van der Waals surface area (Å²) in [5.74, 6) is 1.10. The Morgan fingerprint density at radius 2 is 1.37 bits per heavy atom. The Hall–Kier alpha value is -3.34. The predicted octanol–water partition coefficient (Wildman–Crippen LogP) is 4.61. The lowest BCUT2D eigenvalue weighted by Gasteiger charge is -2.12. The van der Waals surface area contributed by atoms with E-state index >= 15 is 0 Å². The monoisotopic (exact) mass is 363 g/mol. The molecule has 0 saturated carbocycles. The molecule has 0 saturated heterocycles. The molecule has 0 amide bonds. The highest BCUT2D eigenvalue weighted by Gasteiger charge is 2.15. The molecule has 5 heteroatoms. The Bertz CT molecular complexity index is 918. The number of hydrogen-bond donors (Lipinski definition) is 0. The molecule has 27 heavy (non-hydrogen) atoms. The molecular formula is C22H21NO4. The third-order valence-electron chi connectivity index (χ3n) is 4.14. The van der Waals surface area contributed by atoms with Crippen LogP contribution in [0.15, 0.2) is 60.7 Å². The first kappa shape index (κ1) is 18.5. The van der Waals surface area contributed by atoms with Gasteiger partial charge in [0.05, 0.1) is 26.5 Å². The molecule has 3 aromatic rings. The van der Waals surface area contributed by atoms with Crippen LogP contribution < -0.4 is 9.47 Å². The number of carbonyl (C=O) groups excluding carboxylic acids is 1. The normalized spacial score (nSPS) is 10.3. The van der Waals surface area contributed by atoms with E-state index in [-0.39, 0.29) is 5.69 Å². The van der Waals surface area contributed by atoms with Crippen molar-refractivity contribution < 1.29 is 19.0 Å². The van der Waals surface area contributed by atoms with Crippen molar-refractivity contribution in [3.8, 4) is 33.9 Å². The Balaban J connectivity index is 2.11. The predicted molar refractivity (Wildman–Crippen MR) is 104 cm³/mol. The van der Waals surface area contributed by atoms with Gasteiger partial charge in [-0.05, 0) is 61.0 Å². The average molecular weight is 363 g/mol. The Morgan fingerprint density at radius 3 is 1.89 bits per heavy atom. The van der Waals surface area contributed by atoms with Crippen LogP contribution in [0.4, 0.5) is 0 Å². The Kier molecular flexibility index (Phi) is 5.71. The Morgan fingerprint density at radius 1 is 0.815 bits per heavy atom. The standard InChI is InChI=1S/C22H21NO4/c1-4-27-22(24)20-14-13-19(15-5-9-17(25-2)10-6-15)21(23-20)16-7-11-18(26-3)12-8-16/h5-14H,4H2,1-3H3. The minimum Gasteiger partial charge on any atom is -0.497 e. The van der Waals surface area contributed by atoms with Gasteiger partial charge in [0.1, 0.15) is 17.2 Å². The fourth-order valence-corrected chi connectivity index (χ4v) is 2.75. The summed E-state index contributed by atoms with van der Waals surface area (Å²) in [5, 5.41) is 0. The van der Waals surface area contributed by atoms with E-state index in [0.29, 0.717) is 12.3 Å². The van der Waals surface area contributed by atoms with E-state index in [1.54, 1.807) is 27.2 Å². The maximum Gasteiger partial charge on any atom is 0.356 e. The van der Waals surface area contributed by atoms with Gasteiger partial charge < -0.3 is 14.2 Å². The number of carbonyl (C=O) groups is 1. The molecule has 0 spiro atoms. The van der Waals surface area contributed by atoms with E-state index in [4.69, 9.17) is 14.2 Å². The molecule has 1 aromatic heterocycles. The van der Waals surface area contributed by atoms with Gasteiger partial charge in [-0.15, -0.1) is 0 Å². The molecule has 0 bridgehead atoms. The van der Waals surface area contributed by atoms with Gasteiger partial charge in [0, 0.05) is 11.1 Å². The van der Waals surface area contributed by atoms with Crippen LogP contribution >= 0.6 is 0 Å². The van der Waals surface area contributed by atoms with Crippen molar-refractivity contribution in [1.29, 1.82) is 0 Å². The first-order valence-corrected chi connectivity index (χ1v) is 8.63. The molecule has 2 aromatic carbocycles. The quantitative estimate of drug-likeness (QED) is 0.599. The molecule has 0 aliphatic heterocycles. The molecule has 5 nitrogen and oxygen atoms in total. The second-order valence-corrected chi connectivity index (χ2v) is 5.77. The molecule has 0 fully saturated rings. The van der Waals surface area contributed by atoms with Crippen LogP contribution in [0.5, 0.6) is 11.5 Å². The van der Waals surface area contributed by atoms with E-state index in [2.05, 4.69) is 4.98 Å². The molecule has 3 rings (SSSR count). The number of aromatic nitrogens is 1. The zero-order chi connectivity index (χ0) is 19.2. The van der Waals surface area contributed by atoms with E-state index in [9.17, 15) is 4.79 Å². The van der Waals surface area contributed by atoms with Crippen molar-refractivity contribution in [2.75, 3.05) is 20.8 Å². The number of esters is 1. The first-order valence-electron chi connectivity index (χ1n) is 8.63. The maximum absolute atomic E-state index is 12.1. The van der Waals surface area contributed by atoms with Crippen molar-refractivity contribution in [2.45, 2.75) is 6.92 Å². The summed E-state index contributed by atoms with van der Waals surface area (Å²) in [6.45, 7) is 2.08. The van der Waals surface area contributed by atoms with Crippen LogP contribution in [0.2, 0.25) is 0 Å². The van der Waals surface area contributed by atoms with Crippen LogP contribution in [0.25, 0.3) is 22.4 Å². The van der Waals surface area contributed by atoms with Gasteiger partial charge in [-0.2, -0.15) is 0 Å². The van der Waals surface area contributed by atoms with Crippen LogP contribution in [-0.2, 0) is 4.74 Å². The number of pyridine rings is 1. The first-order chi connectivity index (χ1) is 13.2. The van der Waals surface area contributed by atoms with E-state index in [0.717, 1.165) is 28.2 Å². The summed E-state index contributed by atoms with van der Waals surface area (Å²) >= 11 is 0. The number of methoxy groups -OCH3 is 2. The molecule has 138 valence electrons. The smallest absolute Gasteiger partial charge is 0.356 e. The maximum atomic E-state index is 12.1. The average Bonchev–Trinajstić information content (AvgIpc) is 2.73. The zero-order valence-corrected chi connectivity index (χ0v) is 15.6. The fraction of sp³-hybridized carbons (Fsp3) is 0.182. The van der Waals surface area contributed by atoms with Crippen LogP contribution in [0, 0.1) is 0 Å². The van der Waals surface area contributed by atoms with E-state index < -0.39 is 5.97 Å². The summed E-state index contributed by atoms with van der Waals surface area (Å²) in [6.07, 6.45) is 0. The highest BCUT2D eigenvalue weighted by Crippen LogP contribution is 2.32. The third-order valence-corrected chi connectivity index (χ3v) is 4.14. The number of nitrogens with zero attached hydrogens (tertiary/aromatic N) is 1. The van der Waals surface area contributed by atoms with Crippen LogP contribution in [-0.4, -0.2) is 31.8 Å². The lowest BCUT2D eigenvalue weighted by molar-refractivity contribution is 0.0519. The molecule has 0 aliphatic carbocycles. The molecule has 0 radical (unpaired) electrons. The highest BCUT2D eigenvalue weighted by molar-refractivity contribution is 5.90. The summed E-state index contributed by atoms with van der Waals surface area (Å²) in [7, 11) is 3.25. The number of benzene rings is 2. The second-order valence-electron chi connectivity index (χ2n) is 5.77. The molecule has 0 N–H and O–H groups in total. The van der Waals surface area contributed by atoms with Crippen molar-refractivity contribution in [2.24, 2.45) is 0 Å². The van der Waals surface area contributed by atoms with Gasteiger partial charge in [-0.3, -0.25) is 0 Å². The minimum atomic E-state index is -0.437. The summed E-state index contributed by atoms with van der Waals surface area (Å²) in [4.78, 5) is 16.7. The Labute approximate surface area is 158 Å². The van der Waals surface area contributed by atoms with Crippen molar-refractivity contribution in [3.63, 3.8) is 0 Å². The highest BCUT2D eigenvalue weighted by atomic mass is 16.5. The lowest BCUT2D eigenvalue weighted by Crippen LogP contribution is -2.08. The molecule has 0 aliphatic rings. The van der Waals surface area contributed by atoms with Gasteiger partial charge in [-0.25, -0.2) is 9.78 Å². The fourth-order valence-electron chi connectivity index (χ4n) is 2.75. The number of ether oxygens (including phenoxy) is 3. The van der Waals surface area contributed by atoms with E-state index in [1.165, 1.54) is 0 Å². The SMILES string of the molecule is CCOC(=O)c1ccc(-c2ccc(OC)cc2)c(-c2ccc(OC)cc2)n1. The molecule has 0 atom stereocenters. The minimum absolute atomic E-state index is 0.278. The summed E-state index contributed by atoms with van der Waals surface area (Å²) in [5.41, 5.74) is 3.75. The lowest BCUT2D eigenvalue weighted by atomic mass is 9.98. The molecule has 1 heterocycles. The van der Waals surface area contributed by atoms with Gasteiger partial charge in [0.25, 0.3) is 0 Å². The van der Waals surface area contributed by atoms with Crippen LogP contribution in [0.3, 0.4) is 0 Å². The molecular weight excluding hydrogens is 342 g/mol. The largest absolute Gasteiger partial charge is 0.497 e. The van der Waals surface area contributed by atoms with Gasteiger partial charge in [-0.1, -0.05) is 12.1 Å². The second kappa shape index (κ2) is 8.36. The number of rotatable bonds is 6. The van der Waals surface area contributed by atoms with Crippen molar-refractivity contribution in [1.82, 2.24) is 4.98 Å². The topological polar surface area (TPSA) is 57.7 Å². The summed E-state index contributed by atoms with van der Waals surface area (Å²) in [6, 6.07) is 18.9. The van der Waals surface area contributed by atoms with Crippen LogP contribution in [0.1, 0.15) is 17.4 Å². The third kappa shape index (κ3) is 4.08. The van der Waals surface area contributed by atoms with Crippen molar-refractivity contribution >= 4 is 5.97 Å². The summed E-state index contributed by atoms with van der Waals surface area (Å²) < 4.78 is 15.6. The zero-order valence-electron chi connectivity index (χ0n) is 15.6. The molecule has 0 unspecified atom stereocenters.